The Labute approximate surface area is 305 Å². The van der Waals surface area contributed by atoms with Gasteiger partial charge in [-0.25, -0.2) is 14.8 Å². The molecule has 0 spiro atoms. The Morgan fingerprint density at radius 1 is 1.04 bits per heavy atom. The van der Waals surface area contributed by atoms with Gasteiger partial charge in [0, 0.05) is 61.5 Å². The van der Waals surface area contributed by atoms with E-state index in [1.165, 1.54) is 0 Å². The summed E-state index contributed by atoms with van der Waals surface area (Å²) in [4.78, 5) is 65.3. The number of nitrogens with zero attached hydrogens (tertiary/aromatic N) is 6. The lowest BCUT2D eigenvalue weighted by Crippen LogP contribution is -2.39. The molecule has 13 nitrogen and oxygen atoms in total. The molecular weight excluding hydrogens is 672 g/mol. The summed E-state index contributed by atoms with van der Waals surface area (Å²) < 4.78 is 9.01. The molecule has 1 unspecified atom stereocenters. The topological polar surface area (TPSA) is 157 Å². The lowest BCUT2D eigenvalue weighted by molar-refractivity contribution is -0.134. The average molecular weight is 711 g/mol. The predicted octanol–water partition coefficient (Wildman–Crippen LogP) is 4.98. The Bertz CT molecular complexity index is 2570. The molecule has 53 heavy (non-hydrogen) atoms. The van der Waals surface area contributed by atoms with Gasteiger partial charge in [-0.2, -0.15) is 0 Å². The van der Waals surface area contributed by atoms with Gasteiger partial charge in [-0.3, -0.25) is 33.8 Å². The fourth-order valence-corrected chi connectivity index (χ4v) is 6.77. The van der Waals surface area contributed by atoms with Crippen molar-refractivity contribution in [3.05, 3.63) is 99.7 Å². The Morgan fingerprint density at radius 2 is 1.81 bits per heavy atom. The number of fused-ring (bicyclic) bond motifs is 2. The minimum Gasteiger partial charge on any atom is -0.464 e. The number of benzene rings is 2. The molecule has 1 atom stereocenters. The second-order valence-electron chi connectivity index (χ2n) is 13.6. The number of piperidine rings is 1. The number of imide groups is 1. The molecule has 7 rings (SSSR count). The van der Waals surface area contributed by atoms with Crippen molar-refractivity contribution in [2.45, 2.75) is 45.4 Å². The van der Waals surface area contributed by atoms with E-state index < -0.39 is 5.92 Å². The molecule has 1 aliphatic heterocycles. The molecule has 0 aliphatic carbocycles. The molecule has 13 heteroatoms. The molecule has 0 radical (unpaired) electrons. The molecule has 2 aromatic carbocycles. The zero-order valence-electron chi connectivity index (χ0n) is 30.3. The molecule has 0 bridgehead atoms. The van der Waals surface area contributed by atoms with E-state index >= 15 is 0 Å². The van der Waals surface area contributed by atoms with Crippen LogP contribution < -0.4 is 21.2 Å². The van der Waals surface area contributed by atoms with E-state index in [9.17, 15) is 19.2 Å². The van der Waals surface area contributed by atoms with Gasteiger partial charge >= 0.3 is 5.69 Å². The maximum atomic E-state index is 13.0. The lowest BCUT2D eigenvalue weighted by atomic mass is 9.90. The first kappa shape index (κ1) is 34.9. The average Bonchev–Trinajstić information content (AvgIpc) is 3.66. The number of aromatic nitrogens is 5. The van der Waals surface area contributed by atoms with Crippen molar-refractivity contribution in [3.63, 3.8) is 0 Å². The molecule has 1 aliphatic rings. The number of furan rings is 1. The maximum Gasteiger partial charge on any atom is 0.328 e. The van der Waals surface area contributed by atoms with E-state index in [0.717, 1.165) is 38.9 Å². The third-order valence-corrected chi connectivity index (χ3v) is 9.75. The highest BCUT2D eigenvalue weighted by Gasteiger charge is 2.30. The van der Waals surface area contributed by atoms with Crippen LogP contribution in [0.2, 0.25) is 0 Å². The zero-order chi connectivity index (χ0) is 37.6. The van der Waals surface area contributed by atoms with Crippen LogP contribution in [0.4, 0.5) is 11.4 Å². The molecule has 3 amide bonds. The molecule has 4 aromatic heterocycles. The number of hydrogen-bond donors (Lipinski definition) is 2. The summed E-state index contributed by atoms with van der Waals surface area (Å²) in [6, 6.07) is 11.4. The van der Waals surface area contributed by atoms with Crippen molar-refractivity contribution in [1.29, 1.82) is 0 Å². The monoisotopic (exact) mass is 710 g/mol. The number of anilines is 2. The summed E-state index contributed by atoms with van der Waals surface area (Å²) in [6.45, 7) is 6.12. The fourth-order valence-electron chi connectivity index (χ4n) is 6.77. The molecular formula is C40H38N8O5. The van der Waals surface area contributed by atoms with Crippen LogP contribution in [-0.4, -0.2) is 55.4 Å². The second kappa shape index (κ2) is 13.9. The van der Waals surface area contributed by atoms with Crippen molar-refractivity contribution in [2.75, 3.05) is 18.5 Å². The molecule has 2 N–H and O–H groups in total. The molecule has 0 saturated carbocycles. The van der Waals surface area contributed by atoms with Gasteiger partial charge in [-0.05, 0) is 66.8 Å². The van der Waals surface area contributed by atoms with E-state index in [1.807, 2.05) is 36.2 Å². The summed E-state index contributed by atoms with van der Waals surface area (Å²) in [6.07, 6.45) is 7.30. The van der Waals surface area contributed by atoms with Crippen molar-refractivity contribution < 1.29 is 18.8 Å². The number of carbonyl (C=O) groups is 3. The first-order valence-corrected chi connectivity index (χ1v) is 17.2. The van der Waals surface area contributed by atoms with E-state index in [2.05, 4.69) is 57.3 Å². The molecule has 268 valence electrons. The van der Waals surface area contributed by atoms with Crippen LogP contribution in [0.25, 0.3) is 33.4 Å². The number of aryl methyl sites for hydroxylation is 3. The van der Waals surface area contributed by atoms with Crippen LogP contribution in [0.3, 0.4) is 0 Å². The minimum absolute atomic E-state index is 0.0696. The van der Waals surface area contributed by atoms with Crippen LogP contribution in [0.15, 0.2) is 70.5 Å². The van der Waals surface area contributed by atoms with Crippen LogP contribution in [-0.2, 0) is 23.7 Å². The van der Waals surface area contributed by atoms with Crippen molar-refractivity contribution in [1.82, 2.24) is 34.7 Å². The molecule has 1 saturated heterocycles. The van der Waals surface area contributed by atoms with Crippen LogP contribution in [0, 0.1) is 18.8 Å². The number of nitrogens with one attached hydrogen (secondary N) is 2. The lowest BCUT2D eigenvalue weighted by Gasteiger charge is -2.21. The standard InChI is InChI=1S/C40H38N8O5/c1-22(2)29-16-26(17-32-36(29)48(6)40(52)47(32)5)46(4)27-19-43-37(44-20-27)25-14-23(3)35(42-18-25)39(51)41-13-7-8-24-9-11-33-30(15-24)31(21-53-33)28-10-12-34(49)45-38(28)50/h9,11,14-22,28H,10,12-13H2,1-6H3,(H,41,51)(H,45,49,50). The number of amides is 3. The maximum absolute atomic E-state index is 13.0. The normalized spacial score (nSPS) is 14.4. The molecule has 5 heterocycles. The summed E-state index contributed by atoms with van der Waals surface area (Å²) in [5.41, 5.74) is 8.11. The van der Waals surface area contributed by atoms with Gasteiger partial charge in [0.15, 0.2) is 5.82 Å². The van der Waals surface area contributed by atoms with Gasteiger partial charge < -0.3 is 14.6 Å². The number of hydrogen-bond acceptors (Lipinski definition) is 9. The van der Waals surface area contributed by atoms with Gasteiger partial charge in [-0.1, -0.05) is 25.7 Å². The van der Waals surface area contributed by atoms with Crippen molar-refractivity contribution in [3.8, 4) is 23.2 Å². The first-order chi connectivity index (χ1) is 25.4. The van der Waals surface area contributed by atoms with Gasteiger partial charge in [0.1, 0.15) is 11.3 Å². The van der Waals surface area contributed by atoms with E-state index in [-0.39, 0.29) is 48.0 Å². The summed E-state index contributed by atoms with van der Waals surface area (Å²) in [5.74, 6) is 5.27. The number of carbonyl (C=O) groups excluding carboxylic acids is 3. The summed E-state index contributed by atoms with van der Waals surface area (Å²) in [7, 11) is 5.52. The predicted molar refractivity (Wildman–Crippen MR) is 201 cm³/mol. The number of rotatable bonds is 7. The van der Waals surface area contributed by atoms with E-state index in [4.69, 9.17) is 4.42 Å². The highest BCUT2D eigenvalue weighted by atomic mass is 16.3. The minimum atomic E-state index is -0.468. The Kier molecular flexibility index (Phi) is 9.13. The molecule has 6 aromatic rings. The van der Waals surface area contributed by atoms with Crippen molar-refractivity contribution >= 4 is 51.1 Å². The van der Waals surface area contributed by atoms with Crippen LogP contribution in [0.1, 0.15) is 71.3 Å². The fraction of sp³-hybridized carbons (Fsp3) is 0.275. The third-order valence-electron chi connectivity index (χ3n) is 9.75. The Balaban J connectivity index is 1.01. The van der Waals surface area contributed by atoms with Crippen molar-refractivity contribution in [2.24, 2.45) is 14.1 Å². The van der Waals surface area contributed by atoms with E-state index in [1.54, 1.807) is 61.1 Å². The second-order valence-corrected chi connectivity index (χ2v) is 13.6. The van der Waals surface area contributed by atoms with Gasteiger partial charge in [-0.15, -0.1) is 0 Å². The smallest absolute Gasteiger partial charge is 0.328 e. The summed E-state index contributed by atoms with van der Waals surface area (Å²) in [5, 5.41) is 5.96. The molecule has 1 fully saturated rings. The Morgan fingerprint density at radius 3 is 2.53 bits per heavy atom. The summed E-state index contributed by atoms with van der Waals surface area (Å²) >= 11 is 0. The van der Waals surface area contributed by atoms with Crippen LogP contribution in [0.5, 0.6) is 0 Å². The van der Waals surface area contributed by atoms with Gasteiger partial charge in [0.05, 0.1) is 47.8 Å². The third kappa shape index (κ3) is 6.55. The number of pyridine rings is 1. The highest BCUT2D eigenvalue weighted by molar-refractivity contribution is 6.03. The SMILES string of the molecule is Cc1cc(-c2ncc(N(C)c3cc(C(C)C)c4c(c3)n(C)c(=O)n4C)cn2)cnc1C(=O)NCC#Cc1ccc2occ(C3CCC(=O)NC3=O)c2c1. The number of imidazole rings is 1. The van der Waals surface area contributed by atoms with Gasteiger partial charge in [0.25, 0.3) is 5.91 Å². The van der Waals surface area contributed by atoms with Gasteiger partial charge in [0.2, 0.25) is 11.8 Å². The first-order valence-electron chi connectivity index (χ1n) is 17.2. The van der Waals surface area contributed by atoms with E-state index in [0.29, 0.717) is 34.5 Å². The van der Waals surface area contributed by atoms with Crippen LogP contribution >= 0.6 is 0 Å². The zero-order valence-corrected chi connectivity index (χ0v) is 30.3. The quantitative estimate of drug-likeness (QED) is 0.172. The Hall–Kier alpha value is -6.55. The highest BCUT2D eigenvalue weighted by Crippen LogP contribution is 2.34. The largest absolute Gasteiger partial charge is 0.464 e.